The predicted octanol–water partition coefficient (Wildman–Crippen LogP) is 4.31. The Morgan fingerprint density at radius 3 is 2.39 bits per heavy atom. The number of hydrogen-bond acceptors (Lipinski definition) is 1. The Bertz CT molecular complexity index is 765. The Morgan fingerprint density at radius 1 is 1.13 bits per heavy atom. The molecular formula is C17H13F4NO. The van der Waals surface area contributed by atoms with E-state index in [1.54, 1.807) is 0 Å². The number of amides is 1. The number of halogens is 4. The van der Waals surface area contributed by atoms with Crippen molar-refractivity contribution >= 4 is 5.91 Å². The number of rotatable bonds is 2. The average Bonchev–Trinajstić information content (AvgIpc) is 2.76. The molecule has 0 aromatic heterocycles. The van der Waals surface area contributed by atoms with Crippen LogP contribution in [-0.4, -0.2) is 10.8 Å². The Kier molecular flexibility index (Phi) is 3.62. The topological polar surface area (TPSA) is 20.3 Å². The molecule has 0 N–H and O–H groups in total. The van der Waals surface area contributed by atoms with Crippen LogP contribution in [0.3, 0.4) is 0 Å². The first-order valence-electron chi connectivity index (χ1n) is 7.00. The van der Waals surface area contributed by atoms with E-state index < -0.39 is 29.0 Å². The highest BCUT2D eigenvalue weighted by molar-refractivity contribution is 6.00. The third-order valence-corrected chi connectivity index (χ3v) is 3.85. The first kappa shape index (κ1) is 15.5. The molecule has 2 nitrogen and oxygen atoms in total. The lowest BCUT2D eigenvalue weighted by molar-refractivity contribution is -0.138. The normalized spacial score (nSPS) is 14.3. The molecule has 0 unspecified atom stereocenters. The summed E-state index contributed by atoms with van der Waals surface area (Å²) in [5, 5.41) is 0. The van der Waals surface area contributed by atoms with Crippen LogP contribution < -0.4 is 0 Å². The minimum Gasteiger partial charge on any atom is -0.330 e. The molecule has 2 aromatic carbocycles. The summed E-state index contributed by atoms with van der Waals surface area (Å²) in [6.45, 7) is 2.08. The summed E-state index contributed by atoms with van der Waals surface area (Å²) in [5.74, 6) is -1.70. The second kappa shape index (κ2) is 5.37. The van der Waals surface area contributed by atoms with Gasteiger partial charge >= 0.3 is 6.18 Å². The number of aryl methyl sites for hydroxylation is 1. The van der Waals surface area contributed by atoms with E-state index >= 15 is 0 Å². The molecule has 1 aliphatic heterocycles. The smallest absolute Gasteiger partial charge is 0.330 e. The third kappa shape index (κ3) is 2.93. The van der Waals surface area contributed by atoms with Gasteiger partial charge in [0.1, 0.15) is 5.82 Å². The minimum atomic E-state index is -4.76. The number of fused-ring (bicyclic) bond motifs is 1. The zero-order valence-corrected chi connectivity index (χ0v) is 12.2. The largest absolute Gasteiger partial charge is 0.417 e. The van der Waals surface area contributed by atoms with Crippen LogP contribution in [0.1, 0.15) is 32.6 Å². The maximum absolute atomic E-state index is 13.4. The highest BCUT2D eigenvalue weighted by Crippen LogP contribution is 2.38. The van der Waals surface area contributed by atoms with Crippen molar-refractivity contribution in [3.63, 3.8) is 0 Å². The lowest BCUT2D eigenvalue weighted by Gasteiger charge is -2.16. The van der Waals surface area contributed by atoms with Crippen molar-refractivity contribution in [3.05, 3.63) is 70.0 Å². The van der Waals surface area contributed by atoms with Gasteiger partial charge in [0.2, 0.25) is 0 Å². The summed E-state index contributed by atoms with van der Waals surface area (Å²) in [5.41, 5.74) is 0.293. The van der Waals surface area contributed by atoms with Gasteiger partial charge in [0.25, 0.3) is 5.91 Å². The van der Waals surface area contributed by atoms with Crippen molar-refractivity contribution in [1.82, 2.24) is 4.90 Å². The summed E-state index contributed by atoms with van der Waals surface area (Å²) in [6, 6.07) is 8.74. The SMILES string of the molecule is Cc1ccc(CN2Cc3cc(F)cc(C(F)(F)F)c3C2=O)cc1. The maximum Gasteiger partial charge on any atom is 0.417 e. The Balaban J connectivity index is 1.94. The highest BCUT2D eigenvalue weighted by Gasteiger charge is 2.41. The summed E-state index contributed by atoms with van der Waals surface area (Å²) in [4.78, 5) is 13.6. The van der Waals surface area contributed by atoms with Crippen molar-refractivity contribution in [2.24, 2.45) is 0 Å². The molecule has 0 radical (unpaired) electrons. The lowest BCUT2D eigenvalue weighted by Crippen LogP contribution is -2.24. The van der Waals surface area contributed by atoms with E-state index in [1.165, 1.54) is 4.90 Å². The summed E-state index contributed by atoms with van der Waals surface area (Å²) in [6.07, 6.45) is -4.76. The van der Waals surface area contributed by atoms with Gasteiger partial charge in [-0.05, 0) is 30.2 Å². The maximum atomic E-state index is 13.4. The molecule has 0 saturated heterocycles. The number of nitrogens with zero attached hydrogens (tertiary/aromatic N) is 1. The van der Waals surface area contributed by atoms with Crippen molar-refractivity contribution in [1.29, 1.82) is 0 Å². The van der Waals surface area contributed by atoms with Crippen LogP contribution in [0.15, 0.2) is 36.4 Å². The van der Waals surface area contributed by atoms with Crippen LogP contribution in [0.2, 0.25) is 0 Å². The van der Waals surface area contributed by atoms with E-state index in [2.05, 4.69) is 0 Å². The van der Waals surface area contributed by atoms with E-state index in [4.69, 9.17) is 0 Å². The van der Waals surface area contributed by atoms with Gasteiger partial charge < -0.3 is 4.90 Å². The van der Waals surface area contributed by atoms with E-state index in [0.29, 0.717) is 6.07 Å². The third-order valence-electron chi connectivity index (χ3n) is 3.85. The fourth-order valence-electron chi connectivity index (χ4n) is 2.74. The summed E-state index contributed by atoms with van der Waals surface area (Å²) < 4.78 is 52.6. The Hall–Kier alpha value is -2.37. The Labute approximate surface area is 130 Å². The average molecular weight is 323 g/mol. The zero-order valence-electron chi connectivity index (χ0n) is 12.2. The van der Waals surface area contributed by atoms with Crippen LogP contribution in [0.5, 0.6) is 0 Å². The van der Waals surface area contributed by atoms with Crippen LogP contribution >= 0.6 is 0 Å². The molecule has 0 aliphatic carbocycles. The van der Waals surface area contributed by atoms with Crippen molar-refractivity contribution < 1.29 is 22.4 Å². The van der Waals surface area contributed by atoms with E-state index in [1.807, 2.05) is 31.2 Å². The molecule has 120 valence electrons. The number of carbonyl (C=O) groups excluding carboxylic acids is 1. The van der Waals surface area contributed by atoms with Gasteiger partial charge in [-0.15, -0.1) is 0 Å². The van der Waals surface area contributed by atoms with Crippen LogP contribution in [-0.2, 0) is 19.3 Å². The molecule has 0 saturated carbocycles. The van der Waals surface area contributed by atoms with E-state index in [0.717, 1.165) is 17.2 Å². The van der Waals surface area contributed by atoms with Gasteiger partial charge in [-0.1, -0.05) is 29.8 Å². The fraction of sp³-hybridized carbons (Fsp3) is 0.235. The standard InChI is InChI=1S/C17H13F4NO/c1-10-2-4-11(5-3-10)8-22-9-12-6-13(18)7-14(17(19,20)21)15(12)16(22)23/h2-7H,8-9H2,1H3. The van der Waals surface area contributed by atoms with Crippen LogP contribution in [0, 0.1) is 12.7 Å². The van der Waals surface area contributed by atoms with Gasteiger partial charge in [0.05, 0.1) is 11.1 Å². The van der Waals surface area contributed by atoms with E-state index in [-0.39, 0.29) is 18.7 Å². The molecule has 0 spiro atoms. The van der Waals surface area contributed by atoms with E-state index in [9.17, 15) is 22.4 Å². The van der Waals surface area contributed by atoms with Gasteiger partial charge in [-0.25, -0.2) is 4.39 Å². The molecule has 2 aromatic rings. The van der Waals surface area contributed by atoms with Crippen LogP contribution in [0.4, 0.5) is 17.6 Å². The number of hydrogen-bond donors (Lipinski definition) is 0. The predicted molar refractivity (Wildman–Crippen MR) is 76.2 cm³/mol. The van der Waals surface area contributed by atoms with Gasteiger partial charge in [0.15, 0.2) is 0 Å². The minimum absolute atomic E-state index is 0.0249. The van der Waals surface area contributed by atoms with Crippen molar-refractivity contribution in [2.75, 3.05) is 0 Å². The molecular weight excluding hydrogens is 310 g/mol. The monoisotopic (exact) mass is 323 g/mol. The molecule has 6 heteroatoms. The Morgan fingerprint density at radius 2 is 1.78 bits per heavy atom. The molecule has 1 aliphatic rings. The number of alkyl halides is 3. The second-order valence-corrected chi connectivity index (χ2v) is 5.63. The van der Waals surface area contributed by atoms with Gasteiger partial charge in [-0.2, -0.15) is 13.2 Å². The van der Waals surface area contributed by atoms with Gasteiger partial charge in [0, 0.05) is 13.1 Å². The zero-order chi connectivity index (χ0) is 16.8. The van der Waals surface area contributed by atoms with Crippen LogP contribution in [0.25, 0.3) is 0 Å². The van der Waals surface area contributed by atoms with Crippen molar-refractivity contribution in [3.8, 4) is 0 Å². The molecule has 0 fully saturated rings. The lowest BCUT2D eigenvalue weighted by atomic mass is 10.0. The second-order valence-electron chi connectivity index (χ2n) is 5.63. The first-order chi connectivity index (χ1) is 10.8. The highest BCUT2D eigenvalue weighted by atomic mass is 19.4. The fourth-order valence-corrected chi connectivity index (χ4v) is 2.74. The molecule has 0 bridgehead atoms. The first-order valence-corrected chi connectivity index (χ1v) is 7.00. The number of benzene rings is 2. The molecule has 23 heavy (non-hydrogen) atoms. The molecule has 3 rings (SSSR count). The molecule has 1 amide bonds. The number of carbonyl (C=O) groups is 1. The summed E-state index contributed by atoms with van der Waals surface area (Å²) >= 11 is 0. The van der Waals surface area contributed by atoms with Gasteiger partial charge in [-0.3, -0.25) is 4.79 Å². The van der Waals surface area contributed by atoms with Crippen molar-refractivity contribution in [2.45, 2.75) is 26.2 Å². The summed E-state index contributed by atoms with van der Waals surface area (Å²) in [7, 11) is 0. The quantitative estimate of drug-likeness (QED) is 0.754. The molecule has 0 atom stereocenters. The molecule has 1 heterocycles.